The topological polar surface area (TPSA) is 72.2 Å². The Labute approximate surface area is 151 Å². The summed E-state index contributed by atoms with van der Waals surface area (Å²) in [6.07, 6.45) is -0.653. The number of amides is 2. The summed E-state index contributed by atoms with van der Waals surface area (Å²) in [4.78, 5) is 28.5. The van der Waals surface area contributed by atoms with Crippen molar-refractivity contribution in [2.75, 3.05) is 32.8 Å². The Kier molecular flexibility index (Phi) is 4.28. The van der Waals surface area contributed by atoms with E-state index in [1.165, 1.54) is 0 Å². The van der Waals surface area contributed by atoms with Gasteiger partial charge in [0.2, 0.25) is 6.10 Å². The lowest BCUT2D eigenvalue weighted by Gasteiger charge is -2.36. The van der Waals surface area contributed by atoms with Crippen molar-refractivity contribution in [3.05, 3.63) is 47.9 Å². The fraction of sp³-hybridized carbons (Fsp3) is 0.368. The standard InChI is InChI=1S/C19H20N2O5/c1-13-6-7-16(25-13)18(22)20-8-10-21(11-9-20)19(23)17-12-24-14-4-2-3-5-15(14)26-17/h2-7,17H,8-12H2,1H3/t17-/m0/s1. The molecule has 2 aromatic rings. The quantitative estimate of drug-likeness (QED) is 0.819. The third-order valence-electron chi connectivity index (χ3n) is 4.61. The summed E-state index contributed by atoms with van der Waals surface area (Å²) in [5, 5.41) is 0. The fourth-order valence-corrected chi connectivity index (χ4v) is 3.18. The number of carbonyl (C=O) groups excluding carboxylic acids is 2. The number of furan rings is 1. The molecule has 3 heterocycles. The van der Waals surface area contributed by atoms with Crippen molar-refractivity contribution in [3.8, 4) is 11.5 Å². The Bertz CT molecular complexity index is 823. The van der Waals surface area contributed by atoms with E-state index in [4.69, 9.17) is 13.9 Å². The summed E-state index contributed by atoms with van der Waals surface area (Å²) in [6.45, 7) is 3.86. The van der Waals surface area contributed by atoms with Crippen molar-refractivity contribution in [1.29, 1.82) is 0 Å². The number of benzene rings is 1. The molecule has 1 fully saturated rings. The Hall–Kier alpha value is -2.96. The van der Waals surface area contributed by atoms with Crippen molar-refractivity contribution in [3.63, 3.8) is 0 Å². The van der Waals surface area contributed by atoms with Crippen LogP contribution in [0, 0.1) is 6.92 Å². The Balaban J connectivity index is 1.35. The number of para-hydroxylation sites is 2. The van der Waals surface area contributed by atoms with Gasteiger partial charge < -0.3 is 23.7 Å². The van der Waals surface area contributed by atoms with Crippen LogP contribution in [0.5, 0.6) is 11.5 Å². The molecule has 0 radical (unpaired) electrons. The monoisotopic (exact) mass is 356 g/mol. The third-order valence-corrected chi connectivity index (χ3v) is 4.61. The van der Waals surface area contributed by atoms with Gasteiger partial charge in [-0.25, -0.2) is 0 Å². The number of rotatable bonds is 2. The molecule has 0 aliphatic carbocycles. The molecule has 0 spiro atoms. The average Bonchev–Trinajstić information content (AvgIpc) is 3.13. The zero-order valence-corrected chi connectivity index (χ0v) is 14.5. The van der Waals surface area contributed by atoms with Crippen LogP contribution in [-0.4, -0.2) is 60.5 Å². The highest BCUT2D eigenvalue weighted by Gasteiger charge is 2.33. The minimum absolute atomic E-state index is 0.111. The van der Waals surface area contributed by atoms with Gasteiger partial charge in [0.05, 0.1) is 0 Å². The molecule has 136 valence electrons. The van der Waals surface area contributed by atoms with Crippen LogP contribution in [-0.2, 0) is 4.79 Å². The van der Waals surface area contributed by atoms with Crippen molar-refractivity contribution in [1.82, 2.24) is 9.80 Å². The summed E-state index contributed by atoms with van der Waals surface area (Å²) < 4.78 is 16.8. The highest BCUT2D eigenvalue weighted by molar-refractivity contribution is 5.92. The number of piperazine rings is 1. The second-order valence-electron chi connectivity index (χ2n) is 6.39. The van der Waals surface area contributed by atoms with Gasteiger partial charge in [-0.15, -0.1) is 0 Å². The van der Waals surface area contributed by atoms with E-state index in [-0.39, 0.29) is 18.4 Å². The summed E-state index contributed by atoms with van der Waals surface area (Å²) in [5.41, 5.74) is 0. The first-order chi connectivity index (χ1) is 12.6. The number of nitrogens with zero attached hydrogens (tertiary/aromatic N) is 2. The van der Waals surface area contributed by atoms with Crippen LogP contribution < -0.4 is 9.47 Å². The lowest BCUT2D eigenvalue weighted by atomic mass is 10.2. The number of carbonyl (C=O) groups is 2. The van der Waals surface area contributed by atoms with Gasteiger partial charge >= 0.3 is 0 Å². The fourth-order valence-electron chi connectivity index (χ4n) is 3.18. The first-order valence-corrected chi connectivity index (χ1v) is 8.65. The third kappa shape index (κ3) is 3.12. The molecule has 1 saturated heterocycles. The first-order valence-electron chi connectivity index (χ1n) is 8.65. The molecule has 2 aliphatic heterocycles. The molecule has 4 rings (SSSR count). The van der Waals surface area contributed by atoms with Crippen LogP contribution in [0.15, 0.2) is 40.8 Å². The lowest BCUT2D eigenvalue weighted by Crippen LogP contribution is -2.55. The van der Waals surface area contributed by atoms with E-state index in [2.05, 4.69) is 0 Å². The number of aryl methyl sites for hydroxylation is 1. The number of hydrogen-bond acceptors (Lipinski definition) is 5. The second kappa shape index (κ2) is 6.74. The molecule has 7 nitrogen and oxygen atoms in total. The normalized spacial score (nSPS) is 19.3. The molecule has 1 atom stereocenters. The molecule has 0 bridgehead atoms. The minimum Gasteiger partial charge on any atom is -0.485 e. The van der Waals surface area contributed by atoms with Gasteiger partial charge in [0.15, 0.2) is 17.3 Å². The van der Waals surface area contributed by atoms with Crippen LogP contribution in [0.1, 0.15) is 16.3 Å². The van der Waals surface area contributed by atoms with Gasteiger partial charge in [0, 0.05) is 26.2 Å². The van der Waals surface area contributed by atoms with E-state index in [1.807, 2.05) is 18.2 Å². The van der Waals surface area contributed by atoms with Crippen LogP contribution in [0.25, 0.3) is 0 Å². The number of ether oxygens (including phenoxy) is 2. The minimum atomic E-state index is -0.653. The van der Waals surface area contributed by atoms with Crippen molar-refractivity contribution < 1.29 is 23.5 Å². The van der Waals surface area contributed by atoms with Crippen molar-refractivity contribution in [2.24, 2.45) is 0 Å². The maximum Gasteiger partial charge on any atom is 0.289 e. The summed E-state index contributed by atoms with van der Waals surface area (Å²) in [7, 11) is 0. The number of hydrogen-bond donors (Lipinski definition) is 0. The Morgan fingerprint density at radius 3 is 2.35 bits per heavy atom. The van der Waals surface area contributed by atoms with Gasteiger partial charge in [-0.2, -0.15) is 0 Å². The lowest BCUT2D eigenvalue weighted by molar-refractivity contribution is -0.142. The summed E-state index contributed by atoms with van der Waals surface area (Å²) >= 11 is 0. The summed E-state index contributed by atoms with van der Waals surface area (Å²) in [5.74, 6) is 2.02. The first kappa shape index (κ1) is 16.5. The maximum atomic E-state index is 12.7. The van der Waals surface area contributed by atoms with E-state index < -0.39 is 6.10 Å². The number of fused-ring (bicyclic) bond motifs is 1. The van der Waals surface area contributed by atoms with E-state index in [9.17, 15) is 9.59 Å². The molecular formula is C19H20N2O5. The average molecular weight is 356 g/mol. The smallest absolute Gasteiger partial charge is 0.289 e. The Morgan fingerprint density at radius 1 is 0.962 bits per heavy atom. The zero-order valence-electron chi connectivity index (χ0n) is 14.5. The molecule has 7 heteroatoms. The highest BCUT2D eigenvalue weighted by Crippen LogP contribution is 2.31. The van der Waals surface area contributed by atoms with Crippen LogP contribution >= 0.6 is 0 Å². The van der Waals surface area contributed by atoms with Gasteiger partial charge in [0.1, 0.15) is 12.4 Å². The van der Waals surface area contributed by atoms with Crippen molar-refractivity contribution >= 4 is 11.8 Å². The molecule has 26 heavy (non-hydrogen) atoms. The van der Waals surface area contributed by atoms with Gasteiger partial charge in [-0.3, -0.25) is 9.59 Å². The molecular weight excluding hydrogens is 336 g/mol. The Morgan fingerprint density at radius 2 is 1.65 bits per heavy atom. The van der Waals surface area contributed by atoms with E-state index in [1.54, 1.807) is 34.9 Å². The molecule has 2 aliphatic rings. The van der Waals surface area contributed by atoms with Gasteiger partial charge in [0.25, 0.3) is 11.8 Å². The largest absolute Gasteiger partial charge is 0.485 e. The second-order valence-corrected chi connectivity index (χ2v) is 6.39. The molecule has 1 aromatic heterocycles. The zero-order chi connectivity index (χ0) is 18.1. The van der Waals surface area contributed by atoms with Gasteiger partial charge in [-0.1, -0.05) is 12.1 Å². The SMILES string of the molecule is Cc1ccc(C(=O)N2CCN(C(=O)[C@@H]3COc4ccccc4O3)CC2)o1. The molecule has 0 N–H and O–H groups in total. The molecule has 0 unspecified atom stereocenters. The van der Waals surface area contributed by atoms with Gasteiger partial charge in [-0.05, 0) is 31.2 Å². The van der Waals surface area contributed by atoms with Crippen LogP contribution in [0.2, 0.25) is 0 Å². The van der Waals surface area contributed by atoms with Crippen molar-refractivity contribution in [2.45, 2.75) is 13.0 Å². The van der Waals surface area contributed by atoms with Crippen LogP contribution in [0.3, 0.4) is 0 Å². The van der Waals surface area contributed by atoms with E-state index >= 15 is 0 Å². The summed E-state index contributed by atoms with van der Waals surface area (Å²) in [6, 6.07) is 10.8. The maximum absolute atomic E-state index is 12.7. The highest BCUT2D eigenvalue weighted by atomic mass is 16.6. The predicted molar refractivity (Wildman–Crippen MR) is 92.3 cm³/mol. The van der Waals surface area contributed by atoms with E-state index in [0.29, 0.717) is 49.2 Å². The molecule has 1 aromatic carbocycles. The molecule has 0 saturated carbocycles. The van der Waals surface area contributed by atoms with Crippen LogP contribution in [0.4, 0.5) is 0 Å². The predicted octanol–water partition coefficient (Wildman–Crippen LogP) is 1.71. The molecule has 2 amide bonds. The van der Waals surface area contributed by atoms with E-state index in [0.717, 1.165) is 0 Å².